The largest absolute Gasteiger partial charge is 0.347 e. The molecule has 1 aliphatic heterocycles. The van der Waals surface area contributed by atoms with E-state index in [1.54, 1.807) is 0 Å². The van der Waals surface area contributed by atoms with Gasteiger partial charge in [0.25, 0.3) is 5.91 Å². The maximum Gasteiger partial charge on any atom is 0.270 e. The second-order valence-electron chi connectivity index (χ2n) is 4.06. The lowest BCUT2D eigenvalue weighted by Crippen LogP contribution is -2.52. The Hall–Kier alpha value is -1.29. The van der Waals surface area contributed by atoms with E-state index in [1.807, 2.05) is 34.8 Å². The lowest BCUT2D eigenvalue weighted by atomic mass is 10.2. The SMILES string of the molecule is C[C@H]1CNCCN1C(=O)c1cccn1C. The normalized spacial score (nSPS) is 21.7. The number of aromatic nitrogens is 1. The second-order valence-corrected chi connectivity index (χ2v) is 4.06. The van der Waals surface area contributed by atoms with E-state index in [-0.39, 0.29) is 11.9 Å². The highest BCUT2D eigenvalue weighted by Crippen LogP contribution is 2.10. The van der Waals surface area contributed by atoms with Crippen LogP contribution in [0.2, 0.25) is 0 Å². The van der Waals surface area contributed by atoms with Gasteiger partial charge in [-0.25, -0.2) is 0 Å². The maximum atomic E-state index is 12.2. The fraction of sp³-hybridized carbons (Fsp3) is 0.545. The Balaban J connectivity index is 2.17. The van der Waals surface area contributed by atoms with Crippen molar-refractivity contribution in [2.24, 2.45) is 7.05 Å². The molecule has 0 aliphatic carbocycles. The molecule has 2 rings (SSSR count). The molecule has 1 aromatic rings. The van der Waals surface area contributed by atoms with E-state index >= 15 is 0 Å². The molecule has 1 fully saturated rings. The van der Waals surface area contributed by atoms with E-state index in [1.165, 1.54) is 0 Å². The molecule has 82 valence electrons. The Morgan fingerprint density at radius 1 is 1.60 bits per heavy atom. The molecule has 1 amide bonds. The van der Waals surface area contributed by atoms with E-state index in [0.717, 1.165) is 25.3 Å². The Morgan fingerprint density at radius 2 is 2.40 bits per heavy atom. The van der Waals surface area contributed by atoms with Gasteiger partial charge in [0.05, 0.1) is 0 Å². The van der Waals surface area contributed by atoms with Crippen molar-refractivity contribution in [3.8, 4) is 0 Å². The molecule has 1 aliphatic rings. The third-order valence-electron chi connectivity index (χ3n) is 2.93. The molecular weight excluding hydrogens is 190 g/mol. The van der Waals surface area contributed by atoms with Crippen LogP contribution in [0.4, 0.5) is 0 Å². The van der Waals surface area contributed by atoms with Crippen LogP contribution in [0.1, 0.15) is 17.4 Å². The molecule has 2 heterocycles. The number of aryl methyl sites for hydroxylation is 1. The van der Waals surface area contributed by atoms with E-state index in [2.05, 4.69) is 12.2 Å². The van der Waals surface area contributed by atoms with Gasteiger partial charge >= 0.3 is 0 Å². The first-order valence-electron chi connectivity index (χ1n) is 5.33. The van der Waals surface area contributed by atoms with E-state index in [0.29, 0.717) is 0 Å². The third-order valence-corrected chi connectivity index (χ3v) is 2.93. The summed E-state index contributed by atoms with van der Waals surface area (Å²) in [5.74, 6) is 0.136. The van der Waals surface area contributed by atoms with E-state index in [9.17, 15) is 4.79 Å². The fourth-order valence-electron chi connectivity index (χ4n) is 1.97. The Bertz CT molecular complexity index is 358. The molecule has 0 saturated carbocycles. The minimum Gasteiger partial charge on any atom is -0.347 e. The Labute approximate surface area is 89.9 Å². The third kappa shape index (κ3) is 1.90. The van der Waals surface area contributed by atoms with E-state index < -0.39 is 0 Å². The molecule has 0 unspecified atom stereocenters. The second kappa shape index (κ2) is 4.06. The van der Waals surface area contributed by atoms with Gasteiger partial charge in [0, 0.05) is 38.9 Å². The van der Waals surface area contributed by atoms with Crippen molar-refractivity contribution in [2.75, 3.05) is 19.6 Å². The van der Waals surface area contributed by atoms with Crippen LogP contribution in [0.25, 0.3) is 0 Å². The molecule has 1 N–H and O–H groups in total. The summed E-state index contributed by atoms with van der Waals surface area (Å²) in [6.45, 7) is 4.65. The van der Waals surface area contributed by atoms with Gasteiger partial charge in [0.1, 0.15) is 5.69 Å². The zero-order valence-corrected chi connectivity index (χ0v) is 9.23. The smallest absolute Gasteiger partial charge is 0.270 e. The molecule has 0 aromatic carbocycles. The summed E-state index contributed by atoms with van der Waals surface area (Å²) in [5, 5.41) is 3.28. The maximum absolute atomic E-state index is 12.2. The quantitative estimate of drug-likeness (QED) is 0.726. The highest BCUT2D eigenvalue weighted by Gasteiger charge is 2.24. The van der Waals surface area contributed by atoms with Crippen LogP contribution < -0.4 is 5.32 Å². The van der Waals surface area contributed by atoms with Crippen LogP contribution in [0.15, 0.2) is 18.3 Å². The van der Waals surface area contributed by atoms with Gasteiger partial charge in [0.2, 0.25) is 0 Å². The minimum atomic E-state index is 0.136. The molecule has 1 atom stereocenters. The number of rotatable bonds is 1. The molecule has 4 nitrogen and oxygen atoms in total. The van der Waals surface area contributed by atoms with Gasteiger partial charge in [-0.1, -0.05) is 0 Å². The van der Waals surface area contributed by atoms with Crippen molar-refractivity contribution in [1.29, 1.82) is 0 Å². The number of nitrogens with zero attached hydrogens (tertiary/aromatic N) is 2. The molecule has 15 heavy (non-hydrogen) atoms. The highest BCUT2D eigenvalue weighted by molar-refractivity contribution is 5.93. The zero-order valence-electron chi connectivity index (χ0n) is 9.23. The summed E-state index contributed by atoms with van der Waals surface area (Å²) in [7, 11) is 1.90. The van der Waals surface area contributed by atoms with Crippen molar-refractivity contribution in [3.05, 3.63) is 24.0 Å². The first kappa shape index (κ1) is 10.2. The molecule has 0 spiro atoms. The minimum absolute atomic E-state index is 0.136. The first-order chi connectivity index (χ1) is 7.20. The van der Waals surface area contributed by atoms with E-state index in [4.69, 9.17) is 0 Å². The summed E-state index contributed by atoms with van der Waals surface area (Å²) in [6.07, 6.45) is 1.90. The number of nitrogens with one attached hydrogen (secondary N) is 1. The lowest BCUT2D eigenvalue weighted by molar-refractivity contribution is 0.0646. The number of hydrogen-bond acceptors (Lipinski definition) is 2. The summed E-state index contributed by atoms with van der Waals surface area (Å²) in [4.78, 5) is 14.1. The zero-order chi connectivity index (χ0) is 10.8. The Morgan fingerprint density at radius 3 is 3.00 bits per heavy atom. The first-order valence-corrected chi connectivity index (χ1v) is 5.33. The van der Waals surface area contributed by atoms with Crippen LogP contribution in [-0.4, -0.2) is 41.1 Å². The van der Waals surface area contributed by atoms with Gasteiger partial charge in [-0.2, -0.15) is 0 Å². The topological polar surface area (TPSA) is 37.3 Å². The predicted octanol–water partition coefficient (Wildman–Crippen LogP) is 0.459. The molecule has 4 heteroatoms. The summed E-state index contributed by atoms with van der Waals surface area (Å²) >= 11 is 0. The molecule has 0 radical (unpaired) electrons. The van der Waals surface area contributed by atoms with Crippen LogP contribution in [-0.2, 0) is 7.05 Å². The van der Waals surface area contributed by atoms with Crippen LogP contribution in [0.5, 0.6) is 0 Å². The van der Waals surface area contributed by atoms with Crippen molar-refractivity contribution < 1.29 is 4.79 Å². The lowest BCUT2D eigenvalue weighted by Gasteiger charge is -2.34. The van der Waals surface area contributed by atoms with Crippen LogP contribution >= 0.6 is 0 Å². The number of hydrogen-bond donors (Lipinski definition) is 1. The van der Waals surface area contributed by atoms with Crippen molar-refractivity contribution in [3.63, 3.8) is 0 Å². The molecule has 0 bridgehead atoms. The predicted molar refractivity (Wildman–Crippen MR) is 58.8 cm³/mol. The number of amides is 1. The van der Waals surface area contributed by atoms with Crippen LogP contribution in [0, 0.1) is 0 Å². The standard InChI is InChI=1S/C11H17N3O/c1-9-8-12-5-7-14(9)11(15)10-4-3-6-13(10)2/h3-4,6,9,12H,5,7-8H2,1-2H3/t9-/m0/s1. The summed E-state index contributed by atoms with van der Waals surface area (Å²) in [5.41, 5.74) is 0.767. The average molecular weight is 207 g/mol. The van der Waals surface area contributed by atoms with Gasteiger partial charge < -0.3 is 14.8 Å². The molecule has 1 aromatic heterocycles. The van der Waals surface area contributed by atoms with Gasteiger partial charge in [-0.3, -0.25) is 4.79 Å². The van der Waals surface area contributed by atoms with Gasteiger partial charge in [-0.15, -0.1) is 0 Å². The summed E-state index contributed by atoms with van der Waals surface area (Å²) in [6, 6.07) is 4.05. The number of carbonyl (C=O) groups excluding carboxylic acids is 1. The summed E-state index contributed by atoms with van der Waals surface area (Å²) < 4.78 is 1.87. The molecule has 1 saturated heterocycles. The highest BCUT2D eigenvalue weighted by atomic mass is 16.2. The van der Waals surface area contributed by atoms with Gasteiger partial charge in [0.15, 0.2) is 0 Å². The van der Waals surface area contributed by atoms with Gasteiger partial charge in [-0.05, 0) is 19.1 Å². The average Bonchev–Trinajstić information content (AvgIpc) is 2.64. The number of piperazine rings is 1. The van der Waals surface area contributed by atoms with Crippen molar-refractivity contribution in [1.82, 2.24) is 14.8 Å². The Kier molecular flexibility index (Phi) is 2.77. The molecular formula is C11H17N3O. The van der Waals surface area contributed by atoms with Crippen LogP contribution in [0.3, 0.4) is 0 Å². The fourth-order valence-corrected chi connectivity index (χ4v) is 1.97. The number of carbonyl (C=O) groups is 1. The monoisotopic (exact) mass is 207 g/mol. The van der Waals surface area contributed by atoms with Crippen molar-refractivity contribution in [2.45, 2.75) is 13.0 Å². The van der Waals surface area contributed by atoms with Crippen molar-refractivity contribution >= 4 is 5.91 Å².